The first-order valence-electron chi connectivity index (χ1n) is 6.57. The van der Waals surface area contributed by atoms with Crippen molar-refractivity contribution in [2.24, 2.45) is 0 Å². The molecular weight excluding hydrogens is 260 g/mol. The molecule has 2 rings (SSSR count). The van der Waals surface area contributed by atoms with Crippen molar-refractivity contribution in [2.75, 3.05) is 6.54 Å². The Labute approximate surface area is 117 Å². The molecule has 20 heavy (non-hydrogen) atoms. The van der Waals surface area contributed by atoms with Crippen molar-refractivity contribution >= 4 is 12.0 Å². The molecule has 0 saturated heterocycles. The lowest BCUT2D eigenvalue weighted by Crippen LogP contribution is -2.35. The minimum absolute atomic E-state index is 0.0606. The number of carbonyl (C=O) groups is 2. The monoisotopic (exact) mass is 278 g/mol. The van der Waals surface area contributed by atoms with Crippen LogP contribution >= 0.6 is 0 Å². The molecule has 0 fully saturated rings. The van der Waals surface area contributed by atoms with Crippen LogP contribution in [0.15, 0.2) is 18.2 Å². The van der Waals surface area contributed by atoms with E-state index in [1.165, 1.54) is 11.1 Å². The summed E-state index contributed by atoms with van der Waals surface area (Å²) in [6, 6.07) is 5.74. The summed E-state index contributed by atoms with van der Waals surface area (Å²) in [6.07, 6.45) is 0.490. The second kappa shape index (κ2) is 6.91. The largest absolute Gasteiger partial charge is 0.481 e. The summed E-state index contributed by atoms with van der Waals surface area (Å²) in [5.41, 5.74) is 3.40. The van der Waals surface area contributed by atoms with E-state index in [0.29, 0.717) is 32.7 Å². The number of fused-ring (bicyclic) bond motifs is 1. The SMILES string of the molecule is O=C(O)CCCNC(=O)NCc1ccc2c(c1)COC2. The Morgan fingerprint density at radius 3 is 2.80 bits per heavy atom. The van der Waals surface area contributed by atoms with Gasteiger partial charge in [-0.05, 0) is 23.1 Å². The fraction of sp³-hybridized carbons (Fsp3) is 0.429. The fourth-order valence-corrected chi connectivity index (χ4v) is 2.02. The molecule has 0 aromatic heterocycles. The van der Waals surface area contributed by atoms with Crippen LogP contribution in [-0.2, 0) is 29.3 Å². The highest BCUT2D eigenvalue weighted by Gasteiger charge is 2.11. The maximum Gasteiger partial charge on any atom is 0.315 e. The molecule has 1 heterocycles. The number of rotatable bonds is 6. The summed E-state index contributed by atoms with van der Waals surface area (Å²) >= 11 is 0. The predicted molar refractivity (Wildman–Crippen MR) is 72.0 cm³/mol. The van der Waals surface area contributed by atoms with Crippen molar-refractivity contribution in [2.45, 2.75) is 32.6 Å². The Hall–Kier alpha value is -2.08. The average molecular weight is 278 g/mol. The Morgan fingerprint density at radius 2 is 2.00 bits per heavy atom. The van der Waals surface area contributed by atoms with Gasteiger partial charge in [-0.25, -0.2) is 4.79 Å². The van der Waals surface area contributed by atoms with Gasteiger partial charge in [0.1, 0.15) is 0 Å². The van der Waals surface area contributed by atoms with Crippen LogP contribution in [0.2, 0.25) is 0 Å². The molecule has 1 aromatic carbocycles. The second-order valence-corrected chi connectivity index (χ2v) is 4.70. The lowest BCUT2D eigenvalue weighted by Gasteiger charge is -2.08. The molecule has 1 aromatic rings. The lowest BCUT2D eigenvalue weighted by atomic mass is 10.1. The third-order valence-corrected chi connectivity index (χ3v) is 3.09. The van der Waals surface area contributed by atoms with Gasteiger partial charge in [0.05, 0.1) is 13.2 Å². The van der Waals surface area contributed by atoms with Gasteiger partial charge in [0, 0.05) is 19.5 Å². The molecule has 3 N–H and O–H groups in total. The van der Waals surface area contributed by atoms with Gasteiger partial charge in [-0.15, -0.1) is 0 Å². The van der Waals surface area contributed by atoms with Gasteiger partial charge in [-0.2, -0.15) is 0 Å². The number of hydrogen-bond donors (Lipinski definition) is 3. The van der Waals surface area contributed by atoms with Crippen molar-refractivity contribution in [3.63, 3.8) is 0 Å². The van der Waals surface area contributed by atoms with Crippen molar-refractivity contribution in [1.82, 2.24) is 10.6 Å². The zero-order chi connectivity index (χ0) is 14.4. The third kappa shape index (κ3) is 4.24. The van der Waals surface area contributed by atoms with Gasteiger partial charge in [0.25, 0.3) is 0 Å². The number of aliphatic carboxylic acids is 1. The van der Waals surface area contributed by atoms with Crippen LogP contribution in [0.1, 0.15) is 29.5 Å². The van der Waals surface area contributed by atoms with Crippen LogP contribution in [0.5, 0.6) is 0 Å². The van der Waals surface area contributed by atoms with E-state index in [9.17, 15) is 9.59 Å². The molecule has 0 spiro atoms. The zero-order valence-corrected chi connectivity index (χ0v) is 11.1. The number of carboxylic acid groups (broad SMARTS) is 1. The Kier molecular flexibility index (Phi) is 4.95. The quantitative estimate of drug-likeness (QED) is 0.686. The highest BCUT2D eigenvalue weighted by Crippen LogP contribution is 2.20. The minimum Gasteiger partial charge on any atom is -0.481 e. The molecule has 6 heteroatoms. The van der Waals surface area contributed by atoms with Gasteiger partial charge in [-0.1, -0.05) is 18.2 Å². The number of ether oxygens (including phenoxy) is 1. The van der Waals surface area contributed by atoms with Crippen LogP contribution in [0.4, 0.5) is 4.79 Å². The van der Waals surface area contributed by atoms with Gasteiger partial charge in [-0.3, -0.25) is 4.79 Å². The summed E-state index contributed by atoms with van der Waals surface area (Å²) in [4.78, 5) is 21.8. The van der Waals surface area contributed by atoms with Crippen molar-refractivity contribution in [3.05, 3.63) is 34.9 Å². The van der Waals surface area contributed by atoms with Crippen molar-refractivity contribution in [3.8, 4) is 0 Å². The van der Waals surface area contributed by atoms with E-state index in [1.54, 1.807) is 0 Å². The Morgan fingerprint density at radius 1 is 1.20 bits per heavy atom. The van der Waals surface area contributed by atoms with E-state index >= 15 is 0 Å². The number of nitrogens with one attached hydrogen (secondary N) is 2. The maximum absolute atomic E-state index is 11.5. The number of amides is 2. The first-order chi connectivity index (χ1) is 9.65. The van der Waals surface area contributed by atoms with E-state index < -0.39 is 5.97 Å². The van der Waals surface area contributed by atoms with Crippen LogP contribution in [-0.4, -0.2) is 23.7 Å². The topological polar surface area (TPSA) is 87.7 Å². The average Bonchev–Trinajstić information content (AvgIpc) is 2.88. The second-order valence-electron chi connectivity index (χ2n) is 4.70. The van der Waals surface area contributed by atoms with E-state index in [1.807, 2.05) is 18.2 Å². The van der Waals surface area contributed by atoms with Gasteiger partial charge in [0.15, 0.2) is 0 Å². The minimum atomic E-state index is -0.854. The first kappa shape index (κ1) is 14.3. The van der Waals surface area contributed by atoms with Crippen LogP contribution in [0, 0.1) is 0 Å². The zero-order valence-electron chi connectivity index (χ0n) is 11.1. The molecule has 0 unspecified atom stereocenters. The summed E-state index contributed by atoms with van der Waals surface area (Å²) < 4.78 is 5.33. The first-order valence-corrected chi connectivity index (χ1v) is 6.57. The molecule has 1 aliphatic heterocycles. The fourth-order valence-electron chi connectivity index (χ4n) is 2.02. The summed E-state index contributed by atoms with van der Waals surface area (Å²) in [5, 5.41) is 13.8. The van der Waals surface area contributed by atoms with Crippen LogP contribution in [0.25, 0.3) is 0 Å². The van der Waals surface area contributed by atoms with Crippen molar-refractivity contribution in [1.29, 1.82) is 0 Å². The standard InChI is InChI=1S/C14H18N2O4/c17-13(18)2-1-5-15-14(19)16-7-10-3-4-11-8-20-9-12(11)6-10/h3-4,6H,1-2,5,7-9H2,(H,17,18)(H2,15,16,19). The highest BCUT2D eigenvalue weighted by atomic mass is 16.5. The summed E-state index contributed by atoms with van der Waals surface area (Å²) in [6.45, 7) is 2.09. The maximum atomic E-state index is 11.5. The summed E-state index contributed by atoms with van der Waals surface area (Å²) in [5.74, 6) is -0.854. The van der Waals surface area contributed by atoms with Gasteiger partial charge >= 0.3 is 12.0 Å². The molecule has 0 saturated carbocycles. The van der Waals surface area contributed by atoms with E-state index in [4.69, 9.17) is 9.84 Å². The molecule has 1 aliphatic rings. The number of carbonyl (C=O) groups excluding carboxylic acids is 1. The number of urea groups is 1. The molecule has 0 bridgehead atoms. The van der Waals surface area contributed by atoms with Gasteiger partial charge < -0.3 is 20.5 Å². The number of hydrogen-bond acceptors (Lipinski definition) is 3. The highest BCUT2D eigenvalue weighted by molar-refractivity contribution is 5.74. The summed E-state index contributed by atoms with van der Waals surface area (Å²) in [7, 11) is 0. The van der Waals surface area contributed by atoms with E-state index in [-0.39, 0.29) is 12.5 Å². The molecule has 6 nitrogen and oxygen atoms in total. The Balaban J connectivity index is 1.69. The third-order valence-electron chi connectivity index (χ3n) is 3.09. The number of benzene rings is 1. The smallest absolute Gasteiger partial charge is 0.315 e. The van der Waals surface area contributed by atoms with Crippen LogP contribution in [0.3, 0.4) is 0 Å². The molecule has 2 amide bonds. The molecule has 0 aliphatic carbocycles. The van der Waals surface area contributed by atoms with E-state index in [0.717, 1.165) is 5.56 Å². The van der Waals surface area contributed by atoms with E-state index in [2.05, 4.69) is 10.6 Å². The molecule has 0 radical (unpaired) electrons. The molecule has 108 valence electrons. The molecule has 0 atom stereocenters. The Bertz CT molecular complexity index is 502. The number of carboxylic acids is 1. The predicted octanol–water partition coefficient (Wildman–Crippen LogP) is 1.38. The van der Waals surface area contributed by atoms with Crippen molar-refractivity contribution < 1.29 is 19.4 Å². The van der Waals surface area contributed by atoms with Crippen LogP contribution < -0.4 is 10.6 Å². The lowest BCUT2D eigenvalue weighted by molar-refractivity contribution is -0.137. The molecular formula is C14H18N2O4. The van der Waals surface area contributed by atoms with Gasteiger partial charge in [0.2, 0.25) is 0 Å². The normalized spacial score (nSPS) is 12.8.